The number of thioether (sulfide) groups is 1. The van der Waals surface area contributed by atoms with Gasteiger partial charge in [0.1, 0.15) is 5.75 Å². The molecule has 2 aromatic carbocycles. The first kappa shape index (κ1) is 25.3. The zero-order valence-electron chi connectivity index (χ0n) is 19.7. The van der Waals surface area contributed by atoms with Crippen molar-refractivity contribution in [2.45, 2.75) is 30.5 Å². The minimum Gasteiger partial charge on any atom is -0.497 e. The minimum absolute atomic E-state index is 0.0639. The summed E-state index contributed by atoms with van der Waals surface area (Å²) in [6.45, 7) is 1.95. The highest BCUT2D eigenvalue weighted by atomic mass is 32.2. The topological polar surface area (TPSA) is 132 Å². The van der Waals surface area contributed by atoms with Crippen LogP contribution in [-0.2, 0) is 16.0 Å². The Morgan fingerprint density at radius 1 is 1.03 bits per heavy atom. The standard InChI is InChI=1S/C24H24N6O4S2/c1-15-5-3-4-6-18(15)25-20(32)13-14-35-24-29-28-23(36-24)26-19(31)11-12-21-27-22(30-34-21)16-7-9-17(33-2)10-8-16/h3-10H,11-14H2,1-2H3,(H,25,32)(H,26,28,31). The quantitative estimate of drug-likeness (QED) is 0.213. The Morgan fingerprint density at radius 2 is 1.81 bits per heavy atom. The number of aromatic nitrogens is 4. The first-order chi connectivity index (χ1) is 17.5. The van der Waals surface area contributed by atoms with Gasteiger partial charge in [-0.15, -0.1) is 10.2 Å². The molecule has 12 heteroatoms. The van der Waals surface area contributed by atoms with Gasteiger partial charge in [0.2, 0.25) is 28.7 Å². The summed E-state index contributed by atoms with van der Waals surface area (Å²) in [6.07, 6.45) is 0.791. The van der Waals surface area contributed by atoms with Crippen LogP contribution in [0.4, 0.5) is 10.8 Å². The molecule has 36 heavy (non-hydrogen) atoms. The van der Waals surface area contributed by atoms with Crippen LogP contribution >= 0.6 is 23.1 Å². The van der Waals surface area contributed by atoms with Crippen molar-refractivity contribution in [1.29, 1.82) is 0 Å². The van der Waals surface area contributed by atoms with E-state index in [1.54, 1.807) is 7.11 Å². The Balaban J connectivity index is 1.18. The molecule has 0 aliphatic carbocycles. The summed E-state index contributed by atoms with van der Waals surface area (Å²) in [5, 5.41) is 18.1. The van der Waals surface area contributed by atoms with E-state index in [0.29, 0.717) is 39.8 Å². The first-order valence-electron chi connectivity index (χ1n) is 11.1. The zero-order valence-corrected chi connectivity index (χ0v) is 21.3. The lowest BCUT2D eigenvalue weighted by Gasteiger charge is -2.07. The second-order valence-corrected chi connectivity index (χ2v) is 9.94. The van der Waals surface area contributed by atoms with Crippen molar-refractivity contribution in [3.05, 3.63) is 60.0 Å². The molecule has 4 aromatic rings. The average Bonchev–Trinajstić information content (AvgIpc) is 3.54. The van der Waals surface area contributed by atoms with Crippen molar-refractivity contribution in [1.82, 2.24) is 20.3 Å². The van der Waals surface area contributed by atoms with Crippen LogP contribution in [-0.4, -0.2) is 45.0 Å². The van der Waals surface area contributed by atoms with E-state index in [9.17, 15) is 9.59 Å². The summed E-state index contributed by atoms with van der Waals surface area (Å²) < 4.78 is 11.1. The maximum atomic E-state index is 12.3. The molecule has 0 bridgehead atoms. The molecule has 0 unspecified atom stereocenters. The van der Waals surface area contributed by atoms with Gasteiger partial charge in [0.15, 0.2) is 4.34 Å². The third kappa shape index (κ3) is 7.12. The summed E-state index contributed by atoms with van der Waals surface area (Å²) in [4.78, 5) is 28.8. The van der Waals surface area contributed by atoms with Crippen LogP contribution < -0.4 is 15.4 Å². The van der Waals surface area contributed by atoms with Gasteiger partial charge in [0.05, 0.1) is 7.11 Å². The fraction of sp³-hybridized carbons (Fsp3) is 0.250. The Kier molecular flexibility index (Phi) is 8.63. The van der Waals surface area contributed by atoms with Crippen molar-refractivity contribution in [3.63, 3.8) is 0 Å². The number of anilines is 2. The molecule has 10 nitrogen and oxygen atoms in total. The molecule has 186 valence electrons. The number of amides is 2. The van der Waals surface area contributed by atoms with Crippen molar-refractivity contribution >= 4 is 45.7 Å². The van der Waals surface area contributed by atoms with E-state index >= 15 is 0 Å². The van der Waals surface area contributed by atoms with Gasteiger partial charge in [-0.1, -0.05) is 46.5 Å². The number of hydrogen-bond donors (Lipinski definition) is 2. The number of hydrogen-bond acceptors (Lipinski definition) is 10. The van der Waals surface area contributed by atoms with Crippen molar-refractivity contribution < 1.29 is 18.8 Å². The summed E-state index contributed by atoms with van der Waals surface area (Å²) in [5.74, 6) is 1.81. The molecule has 0 fully saturated rings. The van der Waals surface area contributed by atoms with Crippen LogP contribution in [0.1, 0.15) is 24.3 Å². The molecule has 2 N–H and O–H groups in total. The van der Waals surface area contributed by atoms with Gasteiger partial charge in [-0.05, 0) is 42.8 Å². The summed E-state index contributed by atoms with van der Waals surface area (Å²) in [5.41, 5.74) is 2.62. The highest BCUT2D eigenvalue weighted by Gasteiger charge is 2.13. The fourth-order valence-corrected chi connectivity index (χ4v) is 4.87. The normalized spacial score (nSPS) is 10.7. The smallest absolute Gasteiger partial charge is 0.227 e. The highest BCUT2D eigenvalue weighted by molar-refractivity contribution is 8.01. The number of nitrogens with zero attached hydrogens (tertiary/aromatic N) is 4. The first-order valence-corrected chi connectivity index (χ1v) is 12.9. The fourth-order valence-electron chi connectivity index (χ4n) is 3.09. The molecule has 2 amide bonds. The van der Waals surface area contributed by atoms with Gasteiger partial charge in [0, 0.05) is 36.3 Å². The molecular weight excluding hydrogens is 500 g/mol. The Hall–Kier alpha value is -3.77. The lowest BCUT2D eigenvalue weighted by molar-refractivity contribution is -0.116. The SMILES string of the molecule is COc1ccc(-c2noc(CCC(=O)Nc3nnc(SCCC(=O)Nc4ccccc4C)s3)n2)cc1. The van der Waals surface area contributed by atoms with Crippen LogP contribution in [0, 0.1) is 6.92 Å². The Morgan fingerprint density at radius 3 is 2.58 bits per heavy atom. The molecule has 0 spiro atoms. The number of nitrogens with one attached hydrogen (secondary N) is 2. The molecule has 4 rings (SSSR count). The van der Waals surface area contributed by atoms with Gasteiger partial charge in [0.25, 0.3) is 0 Å². The summed E-state index contributed by atoms with van der Waals surface area (Å²) in [6, 6.07) is 14.9. The molecule has 2 aromatic heterocycles. The summed E-state index contributed by atoms with van der Waals surface area (Å²) >= 11 is 2.68. The molecule has 0 atom stereocenters. The van der Waals surface area contributed by atoms with Crippen LogP contribution in [0.5, 0.6) is 5.75 Å². The molecule has 0 saturated carbocycles. The number of rotatable bonds is 11. The Labute approximate surface area is 215 Å². The van der Waals surface area contributed by atoms with E-state index in [-0.39, 0.29) is 18.2 Å². The van der Waals surface area contributed by atoms with E-state index < -0.39 is 0 Å². The second kappa shape index (κ2) is 12.3. The van der Waals surface area contributed by atoms with E-state index in [1.807, 2.05) is 55.5 Å². The largest absolute Gasteiger partial charge is 0.497 e. The number of carbonyl (C=O) groups excluding carboxylic acids is 2. The number of aryl methyl sites for hydroxylation is 2. The average molecular weight is 525 g/mol. The molecule has 0 saturated heterocycles. The maximum Gasteiger partial charge on any atom is 0.227 e. The van der Waals surface area contributed by atoms with Gasteiger partial charge < -0.3 is 19.9 Å². The van der Waals surface area contributed by atoms with Crippen LogP contribution in [0.25, 0.3) is 11.4 Å². The lowest BCUT2D eigenvalue weighted by atomic mass is 10.2. The maximum absolute atomic E-state index is 12.3. The molecule has 2 heterocycles. The van der Waals surface area contributed by atoms with Crippen LogP contribution in [0.3, 0.4) is 0 Å². The lowest BCUT2D eigenvalue weighted by Crippen LogP contribution is -2.12. The van der Waals surface area contributed by atoms with Gasteiger partial charge in [-0.25, -0.2) is 0 Å². The number of benzene rings is 2. The molecule has 0 radical (unpaired) electrons. The number of methoxy groups -OCH3 is 1. The summed E-state index contributed by atoms with van der Waals surface area (Å²) in [7, 11) is 1.60. The minimum atomic E-state index is -0.232. The van der Waals surface area contributed by atoms with Crippen molar-refractivity contribution in [2.24, 2.45) is 0 Å². The van der Waals surface area contributed by atoms with Gasteiger partial charge >= 0.3 is 0 Å². The highest BCUT2D eigenvalue weighted by Crippen LogP contribution is 2.26. The van der Waals surface area contributed by atoms with Gasteiger partial charge in [-0.2, -0.15) is 4.98 Å². The molecule has 0 aliphatic rings. The monoisotopic (exact) mass is 524 g/mol. The van der Waals surface area contributed by atoms with Crippen molar-refractivity contribution in [3.8, 4) is 17.1 Å². The van der Waals surface area contributed by atoms with E-state index in [2.05, 4.69) is 31.0 Å². The molecule has 0 aliphatic heterocycles. The second-order valence-electron chi connectivity index (χ2n) is 7.62. The predicted molar refractivity (Wildman–Crippen MR) is 138 cm³/mol. The van der Waals surface area contributed by atoms with Crippen LogP contribution in [0.2, 0.25) is 0 Å². The predicted octanol–water partition coefficient (Wildman–Crippen LogP) is 4.60. The van der Waals surface area contributed by atoms with E-state index in [4.69, 9.17) is 9.26 Å². The number of ether oxygens (including phenoxy) is 1. The molecular formula is C24H24N6O4S2. The Bertz CT molecular complexity index is 1320. The third-order valence-corrected chi connectivity index (χ3v) is 6.98. The van der Waals surface area contributed by atoms with E-state index in [1.165, 1.54) is 23.1 Å². The number of carbonyl (C=O) groups is 2. The van der Waals surface area contributed by atoms with Crippen molar-refractivity contribution in [2.75, 3.05) is 23.5 Å². The zero-order chi connectivity index (χ0) is 25.3. The van der Waals surface area contributed by atoms with E-state index in [0.717, 1.165) is 22.6 Å². The van der Waals surface area contributed by atoms with Gasteiger partial charge in [-0.3, -0.25) is 9.59 Å². The van der Waals surface area contributed by atoms with Crippen LogP contribution in [0.15, 0.2) is 57.4 Å². The third-order valence-electron chi connectivity index (χ3n) is 5.01. The number of para-hydroxylation sites is 1.